The third-order valence-electron chi connectivity index (χ3n) is 3.72. The van der Waals surface area contributed by atoms with Crippen molar-refractivity contribution in [2.75, 3.05) is 33.8 Å². The highest BCUT2D eigenvalue weighted by atomic mass is 79.9. The van der Waals surface area contributed by atoms with E-state index in [9.17, 15) is 0 Å². The third-order valence-corrected chi connectivity index (χ3v) is 4.21. The Bertz CT molecular complexity index is 411. The molecule has 0 bridgehead atoms. The van der Waals surface area contributed by atoms with Crippen molar-refractivity contribution in [2.45, 2.75) is 19.4 Å². The van der Waals surface area contributed by atoms with Crippen LogP contribution in [0.4, 0.5) is 0 Å². The summed E-state index contributed by atoms with van der Waals surface area (Å²) in [6.45, 7) is 4.42. The van der Waals surface area contributed by atoms with Crippen molar-refractivity contribution in [2.24, 2.45) is 5.92 Å². The zero-order chi connectivity index (χ0) is 13.7. The van der Waals surface area contributed by atoms with Crippen LogP contribution in [0.3, 0.4) is 0 Å². The average Bonchev–Trinajstić information content (AvgIpc) is 2.40. The first-order valence-corrected chi connectivity index (χ1v) is 7.70. The predicted molar refractivity (Wildman–Crippen MR) is 82.6 cm³/mol. The van der Waals surface area contributed by atoms with Crippen molar-refractivity contribution in [1.29, 1.82) is 0 Å². The number of hydrogen-bond acceptors (Lipinski definition) is 3. The second-order valence-corrected chi connectivity index (χ2v) is 6.27. The molecule has 0 aromatic heterocycles. The molecule has 4 heteroatoms. The zero-order valence-electron chi connectivity index (χ0n) is 11.8. The second kappa shape index (κ2) is 7.27. The fraction of sp³-hybridized carbons (Fsp3) is 0.600. The topological polar surface area (TPSA) is 24.5 Å². The maximum absolute atomic E-state index is 5.41. The molecule has 2 rings (SSSR count). The fourth-order valence-electron chi connectivity index (χ4n) is 2.72. The highest BCUT2D eigenvalue weighted by Gasteiger charge is 2.16. The minimum atomic E-state index is 0.778. The highest BCUT2D eigenvalue weighted by Crippen LogP contribution is 2.23. The quantitative estimate of drug-likeness (QED) is 0.900. The molecule has 0 spiro atoms. The van der Waals surface area contributed by atoms with Gasteiger partial charge in [-0.25, -0.2) is 0 Å². The Kier molecular flexibility index (Phi) is 5.67. The van der Waals surface area contributed by atoms with Crippen LogP contribution < -0.4 is 10.1 Å². The summed E-state index contributed by atoms with van der Waals surface area (Å²) in [4.78, 5) is 2.43. The van der Waals surface area contributed by atoms with Gasteiger partial charge in [0.2, 0.25) is 0 Å². The van der Waals surface area contributed by atoms with Gasteiger partial charge >= 0.3 is 0 Å². The van der Waals surface area contributed by atoms with E-state index in [1.165, 1.54) is 31.5 Å². The molecular formula is C15H23BrN2O. The number of ether oxygens (including phenoxy) is 1. The van der Waals surface area contributed by atoms with Crippen molar-refractivity contribution in [1.82, 2.24) is 10.2 Å². The maximum atomic E-state index is 5.41. The van der Waals surface area contributed by atoms with E-state index in [0.29, 0.717) is 0 Å². The van der Waals surface area contributed by atoms with Crippen LogP contribution in [-0.2, 0) is 6.54 Å². The molecule has 1 saturated heterocycles. The van der Waals surface area contributed by atoms with Crippen LogP contribution in [0.25, 0.3) is 0 Å². The van der Waals surface area contributed by atoms with E-state index in [1.807, 2.05) is 6.07 Å². The van der Waals surface area contributed by atoms with Crippen LogP contribution in [0.5, 0.6) is 5.75 Å². The number of rotatable bonds is 5. The number of methoxy groups -OCH3 is 1. The lowest BCUT2D eigenvalue weighted by Crippen LogP contribution is -2.37. The lowest BCUT2D eigenvalue weighted by molar-refractivity contribution is 0.206. The van der Waals surface area contributed by atoms with Crippen LogP contribution in [-0.4, -0.2) is 38.7 Å². The van der Waals surface area contributed by atoms with E-state index in [0.717, 1.165) is 29.2 Å². The van der Waals surface area contributed by atoms with Crippen LogP contribution in [0.2, 0.25) is 0 Å². The molecule has 106 valence electrons. The molecular weight excluding hydrogens is 304 g/mol. The zero-order valence-corrected chi connectivity index (χ0v) is 13.4. The summed E-state index contributed by atoms with van der Waals surface area (Å²) >= 11 is 3.47. The molecule has 0 aliphatic carbocycles. The Morgan fingerprint density at radius 2 is 2.32 bits per heavy atom. The summed E-state index contributed by atoms with van der Waals surface area (Å²) in [5, 5.41) is 3.56. The monoisotopic (exact) mass is 326 g/mol. The molecule has 1 aromatic rings. The molecule has 1 aromatic carbocycles. The van der Waals surface area contributed by atoms with Gasteiger partial charge in [-0.15, -0.1) is 0 Å². The second-order valence-electron chi connectivity index (χ2n) is 5.36. The minimum Gasteiger partial charge on any atom is -0.496 e. The molecule has 1 aliphatic heterocycles. The van der Waals surface area contributed by atoms with E-state index in [4.69, 9.17) is 4.74 Å². The number of nitrogens with one attached hydrogen (secondary N) is 1. The molecule has 0 amide bonds. The van der Waals surface area contributed by atoms with Gasteiger partial charge in [0.1, 0.15) is 5.75 Å². The SMILES string of the molecule is COc1cc(Br)ccc1CNC[C@@H]1CCCN(C)C1. The van der Waals surface area contributed by atoms with Crippen LogP contribution in [0, 0.1) is 5.92 Å². The van der Waals surface area contributed by atoms with Gasteiger partial charge < -0.3 is 15.0 Å². The predicted octanol–water partition coefficient (Wildman–Crippen LogP) is 2.89. The van der Waals surface area contributed by atoms with Crippen molar-refractivity contribution >= 4 is 15.9 Å². The van der Waals surface area contributed by atoms with E-state index >= 15 is 0 Å². The number of likely N-dealkylation sites (tertiary alicyclic amines) is 1. The van der Waals surface area contributed by atoms with Gasteiger partial charge in [0.25, 0.3) is 0 Å². The van der Waals surface area contributed by atoms with Gasteiger partial charge in [-0.05, 0) is 51.0 Å². The first-order chi connectivity index (χ1) is 9.19. The molecule has 0 unspecified atom stereocenters. The summed E-state index contributed by atoms with van der Waals surface area (Å²) in [5.74, 6) is 1.72. The highest BCUT2D eigenvalue weighted by molar-refractivity contribution is 9.10. The van der Waals surface area contributed by atoms with Gasteiger partial charge in [0.05, 0.1) is 7.11 Å². The standard InChI is InChI=1S/C15H23BrN2O/c1-18-7-3-4-12(11-18)9-17-10-13-5-6-14(16)8-15(13)19-2/h5-6,8,12,17H,3-4,7,9-11H2,1-2H3/t12-/m0/s1. The Morgan fingerprint density at radius 3 is 3.05 bits per heavy atom. The molecule has 1 heterocycles. The fourth-order valence-corrected chi connectivity index (χ4v) is 3.06. The molecule has 0 saturated carbocycles. The number of benzene rings is 1. The van der Waals surface area contributed by atoms with Gasteiger partial charge in [-0.2, -0.15) is 0 Å². The molecule has 1 fully saturated rings. The summed E-state index contributed by atoms with van der Waals surface area (Å²) in [6.07, 6.45) is 2.67. The number of hydrogen-bond donors (Lipinski definition) is 1. The van der Waals surface area contributed by atoms with Gasteiger partial charge in [0, 0.05) is 23.1 Å². The van der Waals surface area contributed by atoms with E-state index < -0.39 is 0 Å². The largest absolute Gasteiger partial charge is 0.496 e. The van der Waals surface area contributed by atoms with E-state index in [-0.39, 0.29) is 0 Å². The van der Waals surface area contributed by atoms with Gasteiger partial charge in [-0.1, -0.05) is 22.0 Å². The van der Waals surface area contributed by atoms with E-state index in [1.54, 1.807) is 7.11 Å². The summed E-state index contributed by atoms with van der Waals surface area (Å²) < 4.78 is 6.46. The third kappa shape index (κ3) is 4.48. The Balaban J connectivity index is 1.82. The van der Waals surface area contributed by atoms with Crippen LogP contribution in [0.1, 0.15) is 18.4 Å². The molecule has 19 heavy (non-hydrogen) atoms. The van der Waals surface area contributed by atoms with Gasteiger partial charge in [-0.3, -0.25) is 0 Å². The van der Waals surface area contributed by atoms with Crippen molar-refractivity contribution in [3.8, 4) is 5.75 Å². The Morgan fingerprint density at radius 1 is 1.47 bits per heavy atom. The molecule has 1 N–H and O–H groups in total. The molecule has 0 radical (unpaired) electrons. The maximum Gasteiger partial charge on any atom is 0.124 e. The first kappa shape index (κ1) is 14.8. The summed E-state index contributed by atoms with van der Waals surface area (Å²) in [7, 11) is 3.94. The summed E-state index contributed by atoms with van der Waals surface area (Å²) in [5.41, 5.74) is 1.22. The molecule has 1 aliphatic rings. The average molecular weight is 327 g/mol. The lowest BCUT2D eigenvalue weighted by Gasteiger charge is -2.29. The van der Waals surface area contributed by atoms with Crippen LogP contribution >= 0.6 is 15.9 Å². The van der Waals surface area contributed by atoms with Crippen molar-refractivity contribution < 1.29 is 4.74 Å². The Labute approximate surface area is 124 Å². The van der Waals surface area contributed by atoms with Crippen molar-refractivity contribution in [3.63, 3.8) is 0 Å². The summed E-state index contributed by atoms with van der Waals surface area (Å²) in [6, 6.07) is 6.20. The first-order valence-electron chi connectivity index (χ1n) is 6.90. The van der Waals surface area contributed by atoms with Crippen molar-refractivity contribution in [3.05, 3.63) is 28.2 Å². The molecule has 1 atom stereocenters. The number of halogens is 1. The van der Waals surface area contributed by atoms with Gasteiger partial charge in [0.15, 0.2) is 0 Å². The smallest absolute Gasteiger partial charge is 0.124 e. The molecule has 3 nitrogen and oxygen atoms in total. The minimum absolute atomic E-state index is 0.778. The normalized spacial score (nSPS) is 20.5. The number of piperidine rings is 1. The Hall–Kier alpha value is -0.580. The number of nitrogens with zero attached hydrogens (tertiary/aromatic N) is 1. The van der Waals surface area contributed by atoms with E-state index in [2.05, 4.69) is 45.3 Å². The lowest BCUT2D eigenvalue weighted by atomic mass is 9.98. The van der Waals surface area contributed by atoms with Crippen LogP contribution in [0.15, 0.2) is 22.7 Å².